The van der Waals surface area contributed by atoms with Crippen LogP contribution in [0.15, 0.2) is 6.07 Å². The molecule has 80 valence electrons. The number of rotatable bonds is 3. The fourth-order valence-corrected chi connectivity index (χ4v) is 1.13. The molecule has 0 unspecified atom stereocenters. The standard InChI is InChI=1S/C6H4ClN3O5/c1-15-4-2-3(9(11)12)5(10(13)14)6(7)8-4/h2H,1H3. The van der Waals surface area contributed by atoms with E-state index < -0.39 is 26.4 Å². The van der Waals surface area contributed by atoms with Crippen LogP contribution in [0, 0.1) is 20.2 Å². The minimum atomic E-state index is -0.965. The van der Waals surface area contributed by atoms with E-state index in [4.69, 9.17) is 11.6 Å². The molecule has 0 saturated carbocycles. The third kappa shape index (κ3) is 2.10. The molecule has 0 bridgehead atoms. The van der Waals surface area contributed by atoms with Gasteiger partial charge in [-0.1, -0.05) is 11.6 Å². The molecular weight excluding hydrogens is 230 g/mol. The Kier molecular flexibility index (Phi) is 3.00. The van der Waals surface area contributed by atoms with Gasteiger partial charge in [0, 0.05) is 0 Å². The van der Waals surface area contributed by atoms with Crippen LogP contribution in [0.4, 0.5) is 11.4 Å². The SMILES string of the molecule is COc1cc([N+](=O)[O-])c([N+](=O)[O-])c(Cl)n1. The number of hydrogen-bond acceptors (Lipinski definition) is 6. The third-order valence-electron chi connectivity index (χ3n) is 1.49. The summed E-state index contributed by atoms with van der Waals surface area (Å²) in [6.45, 7) is 0. The van der Waals surface area contributed by atoms with Gasteiger partial charge in [0.25, 0.3) is 0 Å². The van der Waals surface area contributed by atoms with Crippen molar-refractivity contribution in [1.29, 1.82) is 0 Å². The summed E-state index contributed by atoms with van der Waals surface area (Å²) in [5.41, 5.74) is -1.60. The molecular formula is C6H4ClN3O5. The number of nitro groups is 2. The van der Waals surface area contributed by atoms with Gasteiger partial charge in [-0.2, -0.15) is 4.98 Å². The van der Waals surface area contributed by atoms with Gasteiger partial charge >= 0.3 is 11.4 Å². The smallest absolute Gasteiger partial charge is 0.383 e. The first kappa shape index (κ1) is 11.1. The van der Waals surface area contributed by atoms with Crippen molar-refractivity contribution in [1.82, 2.24) is 4.98 Å². The molecule has 1 rings (SSSR count). The average Bonchev–Trinajstić information content (AvgIpc) is 2.15. The lowest BCUT2D eigenvalue weighted by atomic mass is 10.3. The molecule has 0 aromatic carbocycles. The summed E-state index contributed by atoms with van der Waals surface area (Å²) < 4.78 is 4.60. The summed E-state index contributed by atoms with van der Waals surface area (Å²) >= 11 is 5.42. The summed E-state index contributed by atoms with van der Waals surface area (Å²) in [6.07, 6.45) is 0. The van der Waals surface area contributed by atoms with Crippen LogP contribution in [0.25, 0.3) is 0 Å². The molecule has 1 heterocycles. The topological polar surface area (TPSA) is 108 Å². The van der Waals surface area contributed by atoms with Crippen LogP contribution in [0.1, 0.15) is 0 Å². The Morgan fingerprint density at radius 2 is 2.00 bits per heavy atom. The van der Waals surface area contributed by atoms with Crippen LogP contribution in [0.3, 0.4) is 0 Å². The van der Waals surface area contributed by atoms with E-state index in [0.717, 1.165) is 6.07 Å². The lowest BCUT2D eigenvalue weighted by Crippen LogP contribution is -2.00. The van der Waals surface area contributed by atoms with Crippen molar-refractivity contribution in [2.75, 3.05) is 7.11 Å². The number of aromatic nitrogens is 1. The summed E-state index contributed by atoms with van der Waals surface area (Å²) in [5.74, 6) is -0.155. The molecule has 8 nitrogen and oxygen atoms in total. The van der Waals surface area contributed by atoms with Crippen molar-refractivity contribution in [2.24, 2.45) is 0 Å². The second-order valence-electron chi connectivity index (χ2n) is 2.34. The maximum atomic E-state index is 10.5. The van der Waals surface area contributed by atoms with E-state index in [0.29, 0.717) is 0 Å². The van der Waals surface area contributed by atoms with E-state index in [1.807, 2.05) is 0 Å². The molecule has 1 aromatic rings. The predicted molar refractivity (Wildman–Crippen MR) is 49.1 cm³/mol. The van der Waals surface area contributed by atoms with Gasteiger partial charge in [0.1, 0.15) is 0 Å². The normalized spacial score (nSPS) is 9.73. The van der Waals surface area contributed by atoms with Gasteiger partial charge in [-0.15, -0.1) is 0 Å². The maximum Gasteiger partial charge on any atom is 0.383 e. The van der Waals surface area contributed by atoms with Crippen LogP contribution >= 0.6 is 11.6 Å². The monoisotopic (exact) mass is 233 g/mol. The highest BCUT2D eigenvalue weighted by atomic mass is 35.5. The lowest BCUT2D eigenvalue weighted by Gasteiger charge is -2.00. The van der Waals surface area contributed by atoms with Crippen LogP contribution in [0.2, 0.25) is 5.15 Å². The Balaban J connectivity index is 3.49. The summed E-state index contributed by atoms with van der Waals surface area (Å²) in [6, 6.07) is 0.837. The molecule has 1 aromatic heterocycles. The number of pyridine rings is 1. The molecule has 9 heteroatoms. The quantitative estimate of drug-likeness (QED) is 0.445. The summed E-state index contributed by atoms with van der Waals surface area (Å²) in [4.78, 5) is 22.6. The zero-order chi connectivity index (χ0) is 11.6. The molecule has 15 heavy (non-hydrogen) atoms. The van der Waals surface area contributed by atoms with Crippen molar-refractivity contribution in [3.05, 3.63) is 31.4 Å². The van der Waals surface area contributed by atoms with Gasteiger partial charge in [-0.3, -0.25) is 20.2 Å². The van der Waals surface area contributed by atoms with E-state index in [9.17, 15) is 20.2 Å². The van der Waals surface area contributed by atoms with E-state index in [2.05, 4.69) is 9.72 Å². The van der Waals surface area contributed by atoms with Crippen molar-refractivity contribution in [3.8, 4) is 5.88 Å². The van der Waals surface area contributed by atoms with Crippen molar-refractivity contribution in [2.45, 2.75) is 0 Å². The highest BCUT2D eigenvalue weighted by Gasteiger charge is 2.30. The lowest BCUT2D eigenvalue weighted by molar-refractivity contribution is -0.422. The van der Waals surface area contributed by atoms with Crippen LogP contribution in [-0.2, 0) is 0 Å². The average molecular weight is 234 g/mol. The number of halogens is 1. The molecule has 0 spiro atoms. The Morgan fingerprint density at radius 1 is 1.40 bits per heavy atom. The number of nitrogens with zero attached hydrogens (tertiary/aromatic N) is 3. The number of methoxy groups -OCH3 is 1. The third-order valence-corrected chi connectivity index (χ3v) is 1.76. The van der Waals surface area contributed by atoms with E-state index in [1.165, 1.54) is 7.11 Å². The summed E-state index contributed by atoms with van der Waals surface area (Å²) in [7, 11) is 1.22. The first-order chi connectivity index (χ1) is 6.97. The Morgan fingerprint density at radius 3 is 2.40 bits per heavy atom. The molecule has 0 aliphatic carbocycles. The number of ether oxygens (including phenoxy) is 1. The Hall–Kier alpha value is -1.96. The first-order valence-corrected chi connectivity index (χ1v) is 3.88. The van der Waals surface area contributed by atoms with Crippen LogP contribution in [0.5, 0.6) is 5.88 Å². The molecule has 0 amide bonds. The fraction of sp³-hybridized carbons (Fsp3) is 0.167. The fourth-order valence-electron chi connectivity index (χ4n) is 0.886. The van der Waals surface area contributed by atoms with E-state index >= 15 is 0 Å². The van der Waals surface area contributed by atoms with Gasteiger partial charge in [0.2, 0.25) is 11.0 Å². The van der Waals surface area contributed by atoms with Crippen molar-refractivity contribution < 1.29 is 14.6 Å². The van der Waals surface area contributed by atoms with E-state index in [-0.39, 0.29) is 5.88 Å². The molecule has 0 saturated heterocycles. The molecule has 0 radical (unpaired) electrons. The predicted octanol–water partition coefficient (Wildman–Crippen LogP) is 1.56. The highest BCUT2D eigenvalue weighted by molar-refractivity contribution is 6.31. The van der Waals surface area contributed by atoms with E-state index in [1.54, 1.807) is 0 Å². The highest BCUT2D eigenvalue weighted by Crippen LogP contribution is 2.35. The van der Waals surface area contributed by atoms with Crippen LogP contribution < -0.4 is 4.74 Å². The molecule has 0 aliphatic rings. The van der Waals surface area contributed by atoms with Crippen LogP contribution in [-0.4, -0.2) is 21.9 Å². The molecule has 0 aliphatic heterocycles. The zero-order valence-corrected chi connectivity index (χ0v) is 8.09. The first-order valence-electron chi connectivity index (χ1n) is 3.50. The number of hydrogen-bond donors (Lipinski definition) is 0. The van der Waals surface area contributed by atoms with Gasteiger partial charge in [-0.05, 0) is 0 Å². The minimum Gasteiger partial charge on any atom is -0.481 e. The second-order valence-corrected chi connectivity index (χ2v) is 2.70. The zero-order valence-electron chi connectivity index (χ0n) is 7.34. The van der Waals surface area contributed by atoms with Gasteiger partial charge in [0.05, 0.1) is 23.0 Å². The molecule has 0 fully saturated rings. The molecule has 0 atom stereocenters. The Labute approximate surface area is 87.7 Å². The molecule has 0 N–H and O–H groups in total. The minimum absolute atomic E-state index is 0.155. The van der Waals surface area contributed by atoms with Gasteiger partial charge < -0.3 is 4.74 Å². The van der Waals surface area contributed by atoms with Crippen molar-refractivity contribution in [3.63, 3.8) is 0 Å². The largest absolute Gasteiger partial charge is 0.481 e. The van der Waals surface area contributed by atoms with Gasteiger partial charge in [0.15, 0.2) is 0 Å². The van der Waals surface area contributed by atoms with Crippen molar-refractivity contribution >= 4 is 23.0 Å². The Bertz CT molecular complexity index is 435. The summed E-state index contributed by atoms with van der Waals surface area (Å²) in [5, 5.41) is 20.4. The van der Waals surface area contributed by atoms with Gasteiger partial charge in [-0.25, -0.2) is 0 Å². The second kappa shape index (κ2) is 4.05. The maximum absolute atomic E-state index is 10.5.